The highest BCUT2D eigenvalue weighted by Crippen LogP contribution is 2.26. The van der Waals surface area contributed by atoms with Gasteiger partial charge in [-0.3, -0.25) is 0 Å². The molecule has 0 aliphatic heterocycles. The van der Waals surface area contributed by atoms with Crippen LogP contribution in [0.15, 0.2) is 48.5 Å². The van der Waals surface area contributed by atoms with Gasteiger partial charge in [0, 0.05) is 12.1 Å². The smallest absolute Gasteiger partial charge is 0.123 e. The zero-order valence-corrected chi connectivity index (χ0v) is 11.1. The van der Waals surface area contributed by atoms with Gasteiger partial charge in [-0.25, -0.2) is 9.07 Å². The second-order valence-electron chi connectivity index (χ2n) is 4.53. The fourth-order valence-corrected chi connectivity index (χ4v) is 2.15. The summed E-state index contributed by atoms with van der Waals surface area (Å²) in [4.78, 5) is 0. The van der Waals surface area contributed by atoms with Gasteiger partial charge in [0.05, 0.1) is 11.4 Å². The molecule has 0 unspecified atom stereocenters. The highest BCUT2D eigenvalue weighted by Gasteiger charge is 2.15. The molecule has 0 radical (unpaired) electrons. The molecule has 0 atom stereocenters. The topological polar surface area (TPSA) is 77.0 Å². The van der Waals surface area contributed by atoms with Crippen LogP contribution >= 0.6 is 0 Å². The third-order valence-electron chi connectivity index (χ3n) is 3.13. The van der Waals surface area contributed by atoms with Gasteiger partial charge in [0.1, 0.15) is 17.3 Å². The molecular weight excluding hydrogens is 271 g/mol. The molecule has 2 aromatic carbocycles. The number of nitrogens with two attached hydrogens (primary N) is 1. The lowest BCUT2D eigenvalue weighted by atomic mass is 10.1. The normalized spacial score (nSPS) is 10.8. The quantitative estimate of drug-likeness (QED) is 0.773. The first-order chi connectivity index (χ1) is 10.2. The lowest BCUT2D eigenvalue weighted by Crippen LogP contribution is -2.02. The van der Waals surface area contributed by atoms with Crippen molar-refractivity contribution in [3.05, 3.63) is 60.0 Å². The van der Waals surface area contributed by atoms with E-state index in [1.165, 1.54) is 12.1 Å². The fraction of sp³-hybridized carbons (Fsp3) is 0.0667. The minimum atomic E-state index is -0.339. The molecule has 3 N–H and O–H groups in total. The Kier molecular flexibility index (Phi) is 3.37. The Bertz CT molecular complexity index is 768. The van der Waals surface area contributed by atoms with Crippen LogP contribution in [-0.2, 0) is 6.54 Å². The number of aromatic nitrogens is 3. The number of aromatic hydroxyl groups is 1. The molecule has 3 rings (SSSR count). The molecule has 0 bridgehead atoms. The Morgan fingerprint density at radius 1 is 1.14 bits per heavy atom. The Balaban J connectivity index is 2.19. The maximum absolute atomic E-state index is 13.5. The van der Waals surface area contributed by atoms with Crippen molar-refractivity contribution in [2.75, 3.05) is 0 Å². The summed E-state index contributed by atoms with van der Waals surface area (Å²) in [7, 11) is 0. The number of hydrogen-bond acceptors (Lipinski definition) is 4. The Morgan fingerprint density at radius 2 is 1.90 bits per heavy atom. The third kappa shape index (κ3) is 2.48. The standard InChI is InChI=1S/C15H13FN4O/c16-11-3-1-2-10(8-11)15-14(9-17)18-19-20(15)12-4-6-13(21)7-5-12/h1-8,21H,9,17H2. The molecule has 5 nitrogen and oxygen atoms in total. The Morgan fingerprint density at radius 3 is 2.57 bits per heavy atom. The van der Waals surface area contributed by atoms with Crippen molar-refractivity contribution in [3.8, 4) is 22.7 Å². The van der Waals surface area contributed by atoms with Crippen LogP contribution < -0.4 is 5.73 Å². The van der Waals surface area contributed by atoms with Crippen LogP contribution in [0.2, 0.25) is 0 Å². The number of hydrogen-bond donors (Lipinski definition) is 2. The summed E-state index contributed by atoms with van der Waals surface area (Å²) in [5, 5.41) is 17.5. The molecule has 1 heterocycles. The van der Waals surface area contributed by atoms with Gasteiger partial charge >= 0.3 is 0 Å². The van der Waals surface area contributed by atoms with Crippen LogP contribution in [0.25, 0.3) is 16.9 Å². The molecule has 0 saturated heterocycles. The summed E-state index contributed by atoms with van der Waals surface area (Å²) in [5.41, 5.74) is 8.27. The molecule has 0 spiro atoms. The first-order valence-corrected chi connectivity index (χ1v) is 6.39. The summed E-state index contributed by atoms with van der Waals surface area (Å²) in [6.07, 6.45) is 0. The van der Waals surface area contributed by atoms with Crippen molar-refractivity contribution in [2.24, 2.45) is 5.73 Å². The van der Waals surface area contributed by atoms with Crippen molar-refractivity contribution in [1.29, 1.82) is 0 Å². The summed E-state index contributed by atoms with van der Waals surface area (Å²) in [6.45, 7) is 0.198. The van der Waals surface area contributed by atoms with Crippen molar-refractivity contribution >= 4 is 0 Å². The van der Waals surface area contributed by atoms with Crippen molar-refractivity contribution in [3.63, 3.8) is 0 Å². The second kappa shape index (κ2) is 5.34. The third-order valence-corrected chi connectivity index (χ3v) is 3.13. The van der Waals surface area contributed by atoms with E-state index in [1.54, 1.807) is 41.1 Å². The minimum absolute atomic E-state index is 0.158. The number of halogens is 1. The first-order valence-electron chi connectivity index (χ1n) is 6.39. The predicted octanol–water partition coefficient (Wildman–Crippen LogP) is 2.24. The molecule has 0 saturated carbocycles. The van der Waals surface area contributed by atoms with Crippen molar-refractivity contribution in [1.82, 2.24) is 15.0 Å². The molecule has 1 aromatic heterocycles. The molecule has 0 aliphatic rings. The molecule has 0 aliphatic carbocycles. The first kappa shape index (κ1) is 13.3. The summed E-state index contributed by atoms with van der Waals surface area (Å²) in [6, 6.07) is 12.7. The highest BCUT2D eigenvalue weighted by atomic mass is 19.1. The molecule has 0 fully saturated rings. The van der Waals surface area contributed by atoms with Gasteiger partial charge < -0.3 is 10.8 Å². The number of phenolic OH excluding ortho intramolecular Hbond substituents is 1. The van der Waals surface area contributed by atoms with Crippen LogP contribution in [0, 0.1) is 5.82 Å². The van der Waals surface area contributed by atoms with Gasteiger partial charge in [-0.15, -0.1) is 5.10 Å². The van der Waals surface area contributed by atoms with Crippen LogP contribution in [0.4, 0.5) is 4.39 Å². The van der Waals surface area contributed by atoms with Crippen LogP contribution in [0.1, 0.15) is 5.69 Å². The predicted molar refractivity (Wildman–Crippen MR) is 76.3 cm³/mol. The molecule has 3 aromatic rings. The van der Waals surface area contributed by atoms with Crippen LogP contribution in [0.5, 0.6) is 5.75 Å². The van der Waals surface area contributed by atoms with Crippen LogP contribution in [-0.4, -0.2) is 20.1 Å². The largest absolute Gasteiger partial charge is 0.508 e. The molecule has 21 heavy (non-hydrogen) atoms. The number of nitrogens with zero attached hydrogens (tertiary/aromatic N) is 3. The maximum atomic E-state index is 13.5. The van der Waals surface area contributed by atoms with E-state index in [-0.39, 0.29) is 18.1 Å². The SMILES string of the molecule is NCc1nnn(-c2ccc(O)cc2)c1-c1cccc(F)c1. The summed E-state index contributed by atoms with van der Waals surface area (Å²) >= 11 is 0. The number of rotatable bonds is 3. The van der Waals surface area contributed by atoms with Gasteiger partial charge in [-0.05, 0) is 36.4 Å². The molecular formula is C15H13FN4O. The van der Waals surface area contributed by atoms with Crippen LogP contribution in [0.3, 0.4) is 0 Å². The van der Waals surface area contributed by atoms with Crippen molar-refractivity contribution < 1.29 is 9.50 Å². The Hall–Kier alpha value is -2.73. The fourth-order valence-electron chi connectivity index (χ4n) is 2.15. The van der Waals surface area contributed by atoms with Gasteiger partial charge in [0.25, 0.3) is 0 Å². The van der Waals surface area contributed by atoms with E-state index < -0.39 is 0 Å². The van der Waals surface area contributed by atoms with E-state index in [9.17, 15) is 9.50 Å². The zero-order chi connectivity index (χ0) is 14.8. The lowest BCUT2D eigenvalue weighted by molar-refractivity contribution is 0.475. The minimum Gasteiger partial charge on any atom is -0.508 e. The van der Waals surface area contributed by atoms with Gasteiger partial charge in [0.15, 0.2) is 0 Å². The molecule has 106 valence electrons. The van der Waals surface area contributed by atoms with E-state index >= 15 is 0 Å². The van der Waals surface area contributed by atoms with E-state index in [4.69, 9.17) is 5.73 Å². The highest BCUT2D eigenvalue weighted by molar-refractivity contribution is 5.64. The maximum Gasteiger partial charge on any atom is 0.123 e. The van der Waals surface area contributed by atoms with Gasteiger partial charge in [0.2, 0.25) is 0 Å². The average molecular weight is 284 g/mol. The zero-order valence-electron chi connectivity index (χ0n) is 11.1. The van der Waals surface area contributed by atoms with E-state index in [0.717, 1.165) is 0 Å². The van der Waals surface area contributed by atoms with E-state index in [1.807, 2.05) is 0 Å². The van der Waals surface area contributed by atoms with E-state index in [2.05, 4.69) is 10.3 Å². The number of phenols is 1. The summed E-state index contributed by atoms with van der Waals surface area (Å²) in [5.74, 6) is -0.181. The average Bonchev–Trinajstić information content (AvgIpc) is 2.92. The number of benzene rings is 2. The second-order valence-corrected chi connectivity index (χ2v) is 4.53. The monoisotopic (exact) mass is 284 g/mol. The Labute approximate surface area is 120 Å². The van der Waals surface area contributed by atoms with Gasteiger partial charge in [-0.2, -0.15) is 0 Å². The molecule has 6 heteroatoms. The summed E-state index contributed by atoms with van der Waals surface area (Å²) < 4.78 is 15.0. The lowest BCUT2D eigenvalue weighted by Gasteiger charge is -2.08. The molecule has 0 amide bonds. The van der Waals surface area contributed by atoms with E-state index in [0.29, 0.717) is 22.6 Å². The van der Waals surface area contributed by atoms with Crippen molar-refractivity contribution in [2.45, 2.75) is 6.54 Å². The van der Waals surface area contributed by atoms with Gasteiger partial charge in [-0.1, -0.05) is 17.3 Å².